The van der Waals surface area contributed by atoms with E-state index in [4.69, 9.17) is 27.6 Å². The van der Waals surface area contributed by atoms with Gasteiger partial charge in [0, 0.05) is 37.5 Å². The van der Waals surface area contributed by atoms with E-state index in [1.807, 2.05) is 0 Å². The van der Waals surface area contributed by atoms with Gasteiger partial charge in [0.15, 0.2) is 21.5 Å². The van der Waals surface area contributed by atoms with Gasteiger partial charge in [-0.2, -0.15) is 0 Å². The number of halogens is 2. The van der Waals surface area contributed by atoms with Crippen molar-refractivity contribution >= 4 is 38.9 Å². The van der Waals surface area contributed by atoms with Gasteiger partial charge in [0.25, 0.3) is 0 Å². The number of rotatable bonds is 6. The second kappa shape index (κ2) is 8.41. The predicted octanol–water partition coefficient (Wildman–Crippen LogP) is 3.07. The molecule has 1 fully saturated rings. The van der Waals surface area contributed by atoms with Gasteiger partial charge in [-0.3, -0.25) is 9.80 Å². The van der Waals surface area contributed by atoms with Crippen LogP contribution in [0.3, 0.4) is 0 Å². The van der Waals surface area contributed by atoms with E-state index in [1.165, 1.54) is 5.01 Å². The molecule has 10 heteroatoms. The molecule has 152 valence electrons. The maximum Gasteiger partial charge on any atom is 0.237 e. The second-order valence-corrected chi connectivity index (χ2v) is 9.96. The normalized spacial score (nSPS) is 18.5. The van der Waals surface area contributed by atoms with E-state index in [1.54, 1.807) is 43.5 Å². The summed E-state index contributed by atoms with van der Waals surface area (Å²) >= 11 is 12.1. The van der Waals surface area contributed by atoms with Gasteiger partial charge in [0.2, 0.25) is 5.91 Å². The van der Waals surface area contributed by atoms with Crippen LogP contribution < -0.4 is 0 Å². The van der Waals surface area contributed by atoms with Crippen LogP contribution in [0.5, 0.6) is 0 Å². The number of aromatic nitrogens is 1. The van der Waals surface area contributed by atoms with Gasteiger partial charge in [-0.1, -0.05) is 23.2 Å². The molecule has 0 radical (unpaired) electrons. The summed E-state index contributed by atoms with van der Waals surface area (Å²) in [7, 11) is 0.379. The molecule has 1 aliphatic rings. The first-order chi connectivity index (χ1) is 13.2. The van der Waals surface area contributed by atoms with Crippen molar-refractivity contribution in [2.75, 3.05) is 25.6 Å². The number of hydrazine groups is 1. The predicted molar refractivity (Wildman–Crippen MR) is 108 cm³/mol. The van der Waals surface area contributed by atoms with Crippen molar-refractivity contribution in [1.82, 2.24) is 15.0 Å². The smallest absolute Gasteiger partial charge is 0.237 e. The van der Waals surface area contributed by atoms with Gasteiger partial charge < -0.3 is 4.42 Å². The molecule has 0 N–H and O–H groups in total. The summed E-state index contributed by atoms with van der Waals surface area (Å²) in [5, 5.41) is 4.14. The van der Waals surface area contributed by atoms with Crippen molar-refractivity contribution < 1.29 is 17.6 Å². The molecule has 1 aromatic carbocycles. The van der Waals surface area contributed by atoms with Crippen LogP contribution in [-0.2, 0) is 21.1 Å². The molecule has 1 amide bonds. The second-order valence-electron chi connectivity index (χ2n) is 6.88. The Kier molecular flexibility index (Phi) is 6.34. The maximum absolute atomic E-state index is 12.7. The summed E-state index contributed by atoms with van der Waals surface area (Å²) < 4.78 is 29.2. The summed E-state index contributed by atoms with van der Waals surface area (Å²) in [6, 6.07) is 4.74. The summed E-state index contributed by atoms with van der Waals surface area (Å²) in [5.74, 6) is 0.842. The summed E-state index contributed by atoms with van der Waals surface area (Å²) in [6.07, 6.45) is 2.46. The molecule has 1 aromatic heterocycles. The number of oxazole rings is 1. The van der Waals surface area contributed by atoms with E-state index in [0.717, 1.165) is 0 Å². The lowest BCUT2D eigenvalue weighted by Gasteiger charge is -2.33. The Hall–Kier alpha value is -1.61. The first-order valence-corrected chi connectivity index (χ1v) is 11.3. The Labute approximate surface area is 174 Å². The van der Waals surface area contributed by atoms with Crippen LogP contribution in [0.1, 0.15) is 18.7 Å². The molecule has 28 heavy (non-hydrogen) atoms. The van der Waals surface area contributed by atoms with E-state index >= 15 is 0 Å². The minimum atomic E-state index is -3.08. The maximum atomic E-state index is 12.7. The Balaban J connectivity index is 1.66. The highest BCUT2D eigenvalue weighted by Gasteiger charge is 2.35. The summed E-state index contributed by atoms with van der Waals surface area (Å²) in [5.41, 5.74) is 0.669. The van der Waals surface area contributed by atoms with E-state index in [9.17, 15) is 13.2 Å². The molecule has 3 rings (SSSR count). The van der Waals surface area contributed by atoms with Gasteiger partial charge in [0.05, 0.1) is 28.8 Å². The third-order valence-corrected chi connectivity index (χ3v) is 6.84. The van der Waals surface area contributed by atoms with Crippen LogP contribution in [0.15, 0.2) is 28.8 Å². The highest BCUT2D eigenvalue weighted by Crippen LogP contribution is 2.31. The van der Waals surface area contributed by atoms with Crippen LogP contribution in [0.25, 0.3) is 11.3 Å². The van der Waals surface area contributed by atoms with Gasteiger partial charge in [-0.15, -0.1) is 0 Å². The SMILES string of the molecule is CN(C)N(C(=O)CCc1ncc(-c2ccc(Cl)cc2Cl)o1)C1CCS(=O)(=O)C1. The van der Waals surface area contributed by atoms with E-state index in [0.29, 0.717) is 40.1 Å². The lowest BCUT2D eigenvalue weighted by Crippen LogP contribution is -2.49. The van der Waals surface area contributed by atoms with E-state index < -0.39 is 9.84 Å². The molecule has 0 spiro atoms. The molecule has 1 aliphatic heterocycles. The van der Waals surface area contributed by atoms with Crippen molar-refractivity contribution in [1.29, 1.82) is 0 Å². The van der Waals surface area contributed by atoms with E-state index in [2.05, 4.69) is 4.98 Å². The fourth-order valence-electron chi connectivity index (χ4n) is 3.29. The average molecular weight is 446 g/mol. The number of carbonyl (C=O) groups excluding carboxylic acids is 1. The third-order valence-electron chi connectivity index (χ3n) is 4.54. The first kappa shape index (κ1) is 21.1. The molecular weight excluding hydrogens is 425 g/mol. The zero-order valence-corrected chi connectivity index (χ0v) is 17.9. The van der Waals surface area contributed by atoms with Crippen molar-refractivity contribution in [2.45, 2.75) is 25.3 Å². The number of amides is 1. The standard InChI is InChI=1S/C18H21Cl2N3O4S/c1-22(2)23(13-7-8-28(25,26)11-13)18(24)6-5-17-21-10-16(27-17)14-4-3-12(19)9-15(14)20/h3-4,9-10,13H,5-8,11H2,1-2H3. The molecule has 0 aliphatic carbocycles. The highest BCUT2D eigenvalue weighted by molar-refractivity contribution is 7.91. The van der Waals surface area contributed by atoms with Crippen LogP contribution in [-0.4, -0.2) is 61.0 Å². The quantitative estimate of drug-likeness (QED) is 0.635. The number of nitrogens with zero attached hydrogens (tertiary/aromatic N) is 3. The summed E-state index contributed by atoms with van der Waals surface area (Å²) in [6.45, 7) is 0. The Bertz CT molecular complexity index is 975. The number of hydrogen-bond donors (Lipinski definition) is 0. The van der Waals surface area contributed by atoms with Crippen LogP contribution >= 0.6 is 23.2 Å². The van der Waals surface area contributed by atoms with Gasteiger partial charge in [-0.25, -0.2) is 18.4 Å². The largest absolute Gasteiger partial charge is 0.441 e. The molecule has 2 heterocycles. The fourth-order valence-corrected chi connectivity index (χ4v) is 5.48. The zero-order valence-electron chi connectivity index (χ0n) is 15.6. The Morgan fingerprint density at radius 1 is 1.32 bits per heavy atom. The van der Waals surface area contributed by atoms with Crippen molar-refractivity contribution in [3.8, 4) is 11.3 Å². The topological polar surface area (TPSA) is 83.7 Å². The number of sulfone groups is 1. The lowest BCUT2D eigenvalue weighted by molar-refractivity contribution is -0.148. The van der Waals surface area contributed by atoms with Crippen molar-refractivity contribution in [2.24, 2.45) is 0 Å². The van der Waals surface area contributed by atoms with Crippen LogP contribution in [0.4, 0.5) is 0 Å². The van der Waals surface area contributed by atoms with Gasteiger partial charge in [0.1, 0.15) is 0 Å². The number of benzene rings is 1. The molecule has 1 atom stereocenters. The van der Waals surface area contributed by atoms with Gasteiger partial charge in [-0.05, 0) is 24.6 Å². The molecule has 2 aromatic rings. The minimum absolute atomic E-state index is 0.00483. The van der Waals surface area contributed by atoms with E-state index in [-0.39, 0.29) is 29.9 Å². The zero-order chi connectivity index (χ0) is 20.5. The summed E-state index contributed by atoms with van der Waals surface area (Å²) in [4.78, 5) is 16.9. The van der Waals surface area contributed by atoms with Crippen LogP contribution in [0, 0.1) is 0 Å². The molecule has 0 saturated carbocycles. The first-order valence-electron chi connectivity index (χ1n) is 8.76. The molecule has 1 saturated heterocycles. The molecular formula is C18H21Cl2N3O4S. The fraction of sp³-hybridized carbons (Fsp3) is 0.444. The lowest BCUT2D eigenvalue weighted by atomic mass is 10.2. The molecule has 0 bridgehead atoms. The monoisotopic (exact) mass is 445 g/mol. The van der Waals surface area contributed by atoms with Crippen molar-refractivity contribution in [3.05, 3.63) is 40.3 Å². The molecule has 7 nitrogen and oxygen atoms in total. The third kappa shape index (κ3) is 4.86. The van der Waals surface area contributed by atoms with Crippen LogP contribution in [0.2, 0.25) is 10.0 Å². The molecule has 1 unspecified atom stereocenters. The highest BCUT2D eigenvalue weighted by atomic mass is 35.5. The minimum Gasteiger partial charge on any atom is -0.441 e. The van der Waals surface area contributed by atoms with Gasteiger partial charge >= 0.3 is 0 Å². The number of carbonyl (C=O) groups is 1. The number of aryl methyl sites for hydroxylation is 1. The van der Waals surface area contributed by atoms with Crippen molar-refractivity contribution in [3.63, 3.8) is 0 Å². The number of hydrogen-bond acceptors (Lipinski definition) is 6. The Morgan fingerprint density at radius 3 is 2.68 bits per heavy atom. The average Bonchev–Trinajstić information content (AvgIpc) is 3.19. The Morgan fingerprint density at radius 2 is 2.07 bits per heavy atom.